The van der Waals surface area contributed by atoms with Gasteiger partial charge in [0, 0.05) is 35.6 Å². The van der Waals surface area contributed by atoms with Gasteiger partial charge < -0.3 is 24.3 Å². The minimum absolute atomic E-state index is 0.00248. The third-order valence-corrected chi connectivity index (χ3v) is 7.09. The number of aromatic amines is 1. The van der Waals surface area contributed by atoms with Gasteiger partial charge in [-0.3, -0.25) is 4.79 Å². The highest BCUT2D eigenvalue weighted by Crippen LogP contribution is 2.44. The minimum atomic E-state index is 0.00248. The first-order chi connectivity index (χ1) is 14.0. The number of likely N-dealkylation sites (N-methyl/N-ethyl adjacent to an activating group) is 1. The average molecular weight is 400 g/mol. The molecule has 0 radical (unpaired) electrons. The van der Waals surface area contributed by atoms with Crippen LogP contribution in [0.1, 0.15) is 55.9 Å². The molecule has 6 heteroatoms. The predicted octanol–water partition coefficient (Wildman–Crippen LogP) is 4.05. The van der Waals surface area contributed by atoms with Crippen LogP contribution in [0.3, 0.4) is 0 Å². The largest absolute Gasteiger partial charge is 0.497 e. The zero-order valence-electron chi connectivity index (χ0n) is 18.1. The second-order valence-electron chi connectivity index (χ2n) is 8.61. The van der Waals surface area contributed by atoms with Gasteiger partial charge in [0.15, 0.2) is 0 Å². The van der Waals surface area contributed by atoms with Crippen molar-refractivity contribution < 1.29 is 14.3 Å². The van der Waals surface area contributed by atoms with Crippen molar-refractivity contribution in [1.82, 2.24) is 14.8 Å². The molecule has 0 bridgehead atoms. The maximum absolute atomic E-state index is 13.7. The molecule has 1 saturated carbocycles. The van der Waals surface area contributed by atoms with Crippen LogP contribution < -0.4 is 9.47 Å². The SMILES string of the molecule is CCN(C)[C@@H]1CN(C(=O)c2cc3c(OC)cc(OC)cc3[nH]2)C2(CCCCC2)C1. The van der Waals surface area contributed by atoms with Gasteiger partial charge in [-0.15, -0.1) is 0 Å². The Morgan fingerprint density at radius 3 is 2.62 bits per heavy atom. The summed E-state index contributed by atoms with van der Waals surface area (Å²) < 4.78 is 10.9. The maximum atomic E-state index is 13.7. The highest BCUT2D eigenvalue weighted by Gasteiger charge is 2.49. The van der Waals surface area contributed by atoms with E-state index < -0.39 is 0 Å². The molecule has 2 heterocycles. The first-order valence-corrected chi connectivity index (χ1v) is 10.8. The summed E-state index contributed by atoms with van der Waals surface area (Å²) in [6.07, 6.45) is 7.02. The molecule has 2 aliphatic rings. The third kappa shape index (κ3) is 3.48. The molecule has 1 spiro atoms. The fraction of sp³-hybridized carbons (Fsp3) is 0.609. The van der Waals surface area contributed by atoms with Gasteiger partial charge in [-0.25, -0.2) is 0 Å². The number of carbonyl (C=O) groups is 1. The summed E-state index contributed by atoms with van der Waals surface area (Å²) in [6.45, 7) is 4.00. The van der Waals surface area contributed by atoms with Crippen molar-refractivity contribution in [2.75, 3.05) is 34.4 Å². The molecular weight excluding hydrogens is 366 g/mol. The molecule has 1 aliphatic carbocycles. The topological polar surface area (TPSA) is 57.8 Å². The van der Waals surface area contributed by atoms with E-state index in [-0.39, 0.29) is 11.4 Å². The summed E-state index contributed by atoms with van der Waals surface area (Å²) in [6, 6.07) is 6.14. The monoisotopic (exact) mass is 399 g/mol. The summed E-state index contributed by atoms with van der Waals surface area (Å²) in [5, 5.41) is 0.913. The van der Waals surface area contributed by atoms with Crippen molar-refractivity contribution >= 4 is 16.8 Å². The summed E-state index contributed by atoms with van der Waals surface area (Å²) in [4.78, 5) is 21.6. The van der Waals surface area contributed by atoms with Crippen LogP contribution in [0.25, 0.3) is 10.9 Å². The van der Waals surface area contributed by atoms with E-state index >= 15 is 0 Å². The van der Waals surface area contributed by atoms with Gasteiger partial charge in [0.2, 0.25) is 0 Å². The number of hydrogen-bond acceptors (Lipinski definition) is 4. The van der Waals surface area contributed by atoms with Gasteiger partial charge in [0.05, 0.1) is 19.7 Å². The van der Waals surface area contributed by atoms with Gasteiger partial charge in [0.25, 0.3) is 5.91 Å². The number of aromatic nitrogens is 1. The Bertz CT molecular complexity index is 885. The standard InChI is InChI=1S/C23H33N3O3/c1-5-25(2)16-14-23(9-7-6-8-10-23)26(15-16)22(27)20-13-18-19(24-20)11-17(28-3)12-21(18)29-4/h11-13,16,24H,5-10,14-15H2,1-4H3/t16-/m0/s1. The van der Waals surface area contributed by atoms with Crippen LogP contribution >= 0.6 is 0 Å². The van der Waals surface area contributed by atoms with Crippen molar-refractivity contribution in [2.45, 2.75) is 57.0 Å². The number of ether oxygens (including phenoxy) is 2. The summed E-state index contributed by atoms with van der Waals surface area (Å²) in [7, 11) is 5.46. The lowest BCUT2D eigenvalue weighted by Gasteiger charge is -2.41. The number of nitrogens with zero attached hydrogens (tertiary/aromatic N) is 2. The molecule has 1 aromatic heterocycles. The highest BCUT2D eigenvalue weighted by atomic mass is 16.5. The lowest BCUT2D eigenvalue weighted by molar-refractivity contribution is 0.0494. The van der Waals surface area contributed by atoms with E-state index in [1.807, 2.05) is 18.2 Å². The van der Waals surface area contributed by atoms with E-state index in [0.717, 1.165) is 43.3 Å². The van der Waals surface area contributed by atoms with Crippen LogP contribution in [0, 0.1) is 0 Å². The molecule has 158 valence electrons. The smallest absolute Gasteiger partial charge is 0.270 e. The Hall–Kier alpha value is -2.21. The summed E-state index contributed by atoms with van der Waals surface area (Å²) in [5.74, 6) is 1.54. The normalized spacial score (nSPS) is 21.3. The first-order valence-electron chi connectivity index (χ1n) is 10.8. The number of benzene rings is 1. The Morgan fingerprint density at radius 2 is 1.97 bits per heavy atom. The minimum Gasteiger partial charge on any atom is -0.497 e. The number of H-pyrrole nitrogens is 1. The number of fused-ring (bicyclic) bond motifs is 1. The van der Waals surface area contributed by atoms with E-state index in [4.69, 9.17) is 9.47 Å². The van der Waals surface area contributed by atoms with Crippen molar-refractivity contribution in [2.24, 2.45) is 0 Å². The zero-order chi connectivity index (χ0) is 20.6. The van der Waals surface area contributed by atoms with Crippen molar-refractivity contribution in [1.29, 1.82) is 0 Å². The van der Waals surface area contributed by atoms with Crippen LogP contribution in [0.15, 0.2) is 18.2 Å². The van der Waals surface area contributed by atoms with Crippen LogP contribution in [0.2, 0.25) is 0 Å². The van der Waals surface area contributed by atoms with Crippen LogP contribution in [0.5, 0.6) is 11.5 Å². The quantitative estimate of drug-likeness (QED) is 0.824. The van der Waals surface area contributed by atoms with E-state index in [0.29, 0.717) is 23.2 Å². The number of carbonyl (C=O) groups excluding carboxylic acids is 1. The lowest BCUT2D eigenvalue weighted by Crippen LogP contribution is -2.48. The summed E-state index contributed by atoms with van der Waals surface area (Å²) in [5.41, 5.74) is 1.50. The number of nitrogens with one attached hydrogen (secondary N) is 1. The van der Waals surface area contributed by atoms with Gasteiger partial charge in [-0.1, -0.05) is 26.2 Å². The van der Waals surface area contributed by atoms with Gasteiger partial charge in [-0.05, 0) is 38.9 Å². The van der Waals surface area contributed by atoms with Gasteiger partial charge in [0.1, 0.15) is 17.2 Å². The van der Waals surface area contributed by atoms with Crippen LogP contribution in [0.4, 0.5) is 0 Å². The predicted molar refractivity (Wildman–Crippen MR) is 115 cm³/mol. The third-order valence-electron chi connectivity index (χ3n) is 7.09. The van der Waals surface area contributed by atoms with Crippen LogP contribution in [-0.4, -0.2) is 66.6 Å². The molecule has 1 aromatic carbocycles. The lowest BCUT2D eigenvalue weighted by atomic mass is 9.79. The fourth-order valence-corrected chi connectivity index (χ4v) is 5.28. The Labute approximate surface area is 173 Å². The van der Waals surface area contributed by atoms with Gasteiger partial charge in [-0.2, -0.15) is 0 Å². The molecule has 2 aromatic rings. The Morgan fingerprint density at radius 1 is 1.21 bits per heavy atom. The van der Waals surface area contributed by atoms with Gasteiger partial charge >= 0.3 is 0 Å². The summed E-state index contributed by atoms with van der Waals surface area (Å²) >= 11 is 0. The molecule has 4 rings (SSSR count). The highest BCUT2D eigenvalue weighted by molar-refractivity contribution is 6.00. The molecule has 6 nitrogen and oxygen atoms in total. The molecule has 0 unspecified atom stereocenters. The molecule has 29 heavy (non-hydrogen) atoms. The molecule has 1 atom stereocenters. The van der Waals surface area contributed by atoms with E-state index in [1.165, 1.54) is 19.3 Å². The molecular formula is C23H33N3O3. The number of methoxy groups -OCH3 is 2. The average Bonchev–Trinajstić information content (AvgIpc) is 3.34. The second kappa shape index (κ2) is 7.90. The zero-order valence-corrected chi connectivity index (χ0v) is 18.1. The molecule has 1 N–H and O–H groups in total. The molecule has 1 amide bonds. The number of rotatable bonds is 5. The van der Waals surface area contributed by atoms with E-state index in [1.54, 1.807) is 14.2 Å². The van der Waals surface area contributed by atoms with E-state index in [2.05, 4.69) is 28.8 Å². The maximum Gasteiger partial charge on any atom is 0.270 e. The molecule has 1 saturated heterocycles. The van der Waals surface area contributed by atoms with Crippen LogP contribution in [-0.2, 0) is 0 Å². The van der Waals surface area contributed by atoms with Crippen molar-refractivity contribution in [3.8, 4) is 11.5 Å². The molecule has 2 fully saturated rings. The van der Waals surface area contributed by atoms with Crippen molar-refractivity contribution in [3.63, 3.8) is 0 Å². The second-order valence-corrected chi connectivity index (χ2v) is 8.61. The number of likely N-dealkylation sites (tertiary alicyclic amines) is 1. The first kappa shape index (κ1) is 20.1. The van der Waals surface area contributed by atoms with Crippen molar-refractivity contribution in [3.05, 3.63) is 23.9 Å². The number of amides is 1. The molecule has 1 aliphatic heterocycles. The fourth-order valence-electron chi connectivity index (χ4n) is 5.28. The van der Waals surface area contributed by atoms with E-state index in [9.17, 15) is 4.79 Å². The Balaban J connectivity index is 1.70. The Kier molecular flexibility index (Phi) is 5.47. The number of hydrogen-bond donors (Lipinski definition) is 1.